The maximum Gasteiger partial charge on any atom is 0.358 e. The van der Waals surface area contributed by atoms with Crippen molar-refractivity contribution in [1.29, 1.82) is 0 Å². The molecule has 17 heavy (non-hydrogen) atoms. The third kappa shape index (κ3) is 2.72. The number of imidazole rings is 1. The highest BCUT2D eigenvalue weighted by Crippen LogP contribution is 2.06. The van der Waals surface area contributed by atoms with Gasteiger partial charge in [-0.15, -0.1) is 6.58 Å². The average molecular weight is 230 g/mol. The lowest BCUT2D eigenvalue weighted by molar-refractivity contribution is 0.0503. The number of esters is 1. The monoisotopic (exact) mass is 230 g/mol. The lowest BCUT2D eigenvalue weighted by atomic mass is 10.3. The lowest BCUT2D eigenvalue weighted by Gasteiger charge is -2.01. The first kappa shape index (κ1) is 11.4. The molecule has 0 saturated carbocycles. The molecule has 0 spiro atoms. The van der Waals surface area contributed by atoms with E-state index < -0.39 is 5.97 Å². The number of fused-ring (bicyclic) bond motifs is 1. The number of ether oxygens (including phenoxy) is 1. The number of aromatic nitrogens is 2. The van der Waals surface area contributed by atoms with E-state index >= 15 is 0 Å². The number of pyridine rings is 1. The number of carbonyl (C=O) groups excluding carboxylic acids is 1. The molecule has 2 aromatic heterocycles. The molecule has 4 nitrogen and oxygen atoms in total. The fourth-order valence-electron chi connectivity index (χ4n) is 1.42. The fraction of sp³-hybridized carbons (Fsp3) is 0.231. The Hall–Kier alpha value is -2.10. The molecule has 4 heteroatoms. The highest BCUT2D eigenvalue weighted by molar-refractivity contribution is 5.87. The molecule has 2 aromatic rings. The molecule has 0 unspecified atom stereocenters. The zero-order valence-electron chi connectivity index (χ0n) is 9.72. The van der Waals surface area contributed by atoms with Crippen molar-refractivity contribution in [1.82, 2.24) is 9.38 Å². The van der Waals surface area contributed by atoms with Gasteiger partial charge in [-0.2, -0.15) is 0 Å². The van der Waals surface area contributed by atoms with Gasteiger partial charge in [0.05, 0.1) is 6.61 Å². The van der Waals surface area contributed by atoms with Gasteiger partial charge in [-0.05, 0) is 19.1 Å². The van der Waals surface area contributed by atoms with Crippen molar-refractivity contribution in [3.05, 3.63) is 48.4 Å². The highest BCUT2D eigenvalue weighted by Gasteiger charge is 2.11. The van der Waals surface area contributed by atoms with Gasteiger partial charge in [0.15, 0.2) is 5.69 Å². The second kappa shape index (κ2) is 4.82. The summed E-state index contributed by atoms with van der Waals surface area (Å²) in [5.74, 6) is -0.394. The Bertz CT molecular complexity index is 524. The Labute approximate surface area is 99.5 Å². The quantitative estimate of drug-likeness (QED) is 0.598. The van der Waals surface area contributed by atoms with Crippen LogP contribution < -0.4 is 0 Å². The standard InChI is InChI=1S/C13H14N2O2/c1-10(2)6-8-17-13(16)11-9-15-7-4-3-5-12(15)14-11/h3-5,7,9H,1,6,8H2,2H3. The van der Waals surface area contributed by atoms with Crippen LogP contribution in [0, 0.1) is 0 Å². The van der Waals surface area contributed by atoms with E-state index in [4.69, 9.17) is 4.74 Å². The molecular weight excluding hydrogens is 216 g/mol. The van der Waals surface area contributed by atoms with Crippen LogP contribution in [0.2, 0.25) is 0 Å². The van der Waals surface area contributed by atoms with Crippen LogP contribution in [0.25, 0.3) is 5.65 Å². The molecule has 0 aliphatic rings. The number of carbonyl (C=O) groups is 1. The molecule has 0 aliphatic carbocycles. The minimum absolute atomic E-state index is 0.331. The highest BCUT2D eigenvalue weighted by atomic mass is 16.5. The number of rotatable bonds is 4. The van der Waals surface area contributed by atoms with Gasteiger partial charge >= 0.3 is 5.97 Å². The molecule has 2 heterocycles. The Morgan fingerprint density at radius 3 is 3.06 bits per heavy atom. The first-order valence-corrected chi connectivity index (χ1v) is 5.42. The van der Waals surface area contributed by atoms with Crippen LogP contribution in [0.5, 0.6) is 0 Å². The van der Waals surface area contributed by atoms with Crippen LogP contribution in [0.15, 0.2) is 42.7 Å². The summed E-state index contributed by atoms with van der Waals surface area (Å²) in [6, 6.07) is 5.59. The Morgan fingerprint density at radius 2 is 2.35 bits per heavy atom. The second-order valence-corrected chi connectivity index (χ2v) is 3.94. The first-order chi connectivity index (χ1) is 8.16. The first-order valence-electron chi connectivity index (χ1n) is 5.42. The predicted molar refractivity (Wildman–Crippen MR) is 64.9 cm³/mol. The van der Waals surface area contributed by atoms with E-state index in [-0.39, 0.29) is 0 Å². The van der Waals surface area contributed by atoms with Crippen molar-refractivity contribution in [2.45, 2.75) is 13.3 Å². The van der Waals surface area contributed by atoms with Crippen molar-refractivity contribution in [2.75, 3.05) is 6.61 Å². The van der Waals surface area contributed by atoms with Gasteiger partial charge < -0.3 is 9.14 Å². The summed E-state index contributed by atoms with van der Waals surface area (Å²) in [6.45, 7) is 6.00. The largest absolute Gasteiger partial charge is 0.461 e. The molecule has 0 radical (unpaired) electrons. The van der Waals surface area contributed by atoms with Gasteiger partial charge in [0.25, 0.3) is 0 Å². The van der Waals surface area contributed by atoms with Gasteiger partial charge in [0.2, 0.25) is 0 Å². The number of nitrogens with zero attached hydrogens (tertiary/aromatic N) is 2. The molecule has 0 aromatic carbocycles. The maximum absolute atomic E-state index is 11.7. The van der Waals surface area contributed by atoms with Crippen molar-refractivity contribution < 1.29 is 9.53 Å². The second-order valence-electron chi connectivity index (χ2n) is 3.94. The van der Waals surface area contributed by atoms with E-state index in [1.165, 1.54) is 0 Å². The van der Waals surface area contributed by atoms with Gasteiger partial charge in [-0.1, -0.05) is 11.6 Å². The molecule has 0 amide bonds. The zero-order chi connectivity index (χ0) is 12.3. The zero-order valence-corrected chi connectivity index (χ0v) is 9.72. The van der Waals surface area contributed by atoms with E-state index in [2.05, 4.69) is 11.6 Å². The van der Waals surface area contributed by atoms with E-state index in [9.17, 15) is 4.79 Å². The maximum atomic E-state index is 11.7. The Balaban J connectivity index is 2.06. The molecule has 0 fully saturated rings. The van der Waals surface area contributed by atoms with Gasteiger partial charge in [0, 0.05) is 18.8 Å². The third-order valence-corrected chi connectivity index (χ3v) is 2.34. The van der Waals surface area contributed by atoms with Crippen LogP contribution in [-0.2, 0) is 4.74 Å². The van der Waals surface area contributed by atoms with Crippen LogP contribution in [0.4, 0.5) is 0 Å². The van der Waals surface area contributed by atoms with Crippen molar-refractivity contribution in [3.8, 4) is 0 Å². The summed E-state index contributed by atoms with van der Waals surface area (Å²) in [4.78, 5) is 15.8. The summed E-state index contributed by atoms with van der Waals surface area (Å²) >= 11 is 0. The smallest absolute Gasteiger partial charge is 0.358 e. The van der Waals surface area contributed by atoms with Crippen LogP contribution in [0.1, 0.15) is 23.8 Å². The minimum atomic E-state index is -0.394. The number of hydrogen-bond donors (Lipinski definition) is 0. The minimum Gasteiger partial charge on any atom is -0.461 e. The van der Waals surface area contributed by atoms with E-state index in [0.717, 1.165) is 11.2 Å². The predicted octanol–water partition coefficient (Wildman–Crippen LogP) is 2.46. The van der Waals surface area contributed by atoms with E-state index in [1.54, 1.807) is 10.6 Å². The average Bonchev–Trinajstić information content (AvgIpc) is 2.71. The summed E-state index contributed by atoms with van der Waals surface area (Å²) in [5, 5.41) is 0. The van der Waals surface area contributed by atoms with Gasteiger partial charge in [-0.3, -0.25) is 0 Å². The Kier molecular flexibility index (Phi) is 3.23. The molecule has 0 bridgehead atoms. The van der Waals surface area contributed by atoms with Crippen molar-refractivity contribution in [3.63, 3.8) is 0 Å². The topological polar surface area (TPSA) is 43.6 Å². The molecule has 0 aliphatic heterocycles. The summed E-state index contributed by atoms with van der Waals surface area (Å²) in [5.41, 5.74) is 2.06. The van der Waals surface area contributed by atoms with Crippen LogP contribution >= 0.6 is 0 Å². The third-order valence-electron chi connectivity index (χ3n) is 2.34. The van der Waals surface area contributed by atoms with Gasteiger partial charge in [-0.25, -0.2) is 9.78 Å². The summed E-state index contributed by atoms with van der Waals surface area (Å²) in [6.07, 6.45) is 4.19. The van der Waals surface area contributed by atoms with Crippen LogP contribution in [0.3, 0.4) is 0 Å². The Morgan fingerprint density at radius 1 is 1.53 bits per heavy atom. The molecule has 0 N–H and O–H groups in total. The molecule has 88 valence electrons. The van der Waals surface area contributed by atoms with E-state index in [1.807, 2.05) is 31.3 Å². The summed E-state index contributed by atoms with van der Waals surface area (Å²) in [7, 11) is 0. The molecule has 2 rings (SSSR count). The SMILES string of the molecule is C=C(C)CCOC(=O)c1cn2ccccc2n1. The van der Waals surface area contributed by atoms with E-state index in [0.29, 0.717) is 18.7 Å². The molecular formula is C13H14N2O2. The van der Waals surface area contributed by atoms with Crippen molar-refractivity contribution >= 4 is 11.6 Å². The number of hydrogen-bond acceptors (Lipinski definition) is 3. The van der Waals surface area contributed by atoms with Gasteiger partial charge in [0.1, 0.15) is 5.65 Å². The fourth-order valence-corrected chi connectivity index (χ4v) is 1.42. The van der Waals surface area contributed by atoms with Crippen molar-refractivity contribution in [2.24, 2.45) is 0 Å². The lowest BCUT2D eigenvalue weighted by Crippen LogP contribution is -2.06. The normalized spacial score (nSPS) is 10.4. The van der Waals surface area contributed by atoms with Crippen LogP contribution in [-0.4, -0.2) is 22.0 Å². The molecule has 0 saturated heterocycles. The molecule has 0 atom stereocenters. The summed E-state index contributed by atoms with van der Waals surface area (Å²) < 4.78 is 6.88.